The number of hydrogen-bond donors (Lipinski definition) is 2. The molecule has 0 saturated carbocycles. The molecule has 1 unspecified atom stereocenters. The van der Waals surface area contributed by atoms with Gasteiger partial charge >= 0.3 is 6.09 Å². The number of benzene rings is 1. The van der Waals surface area contributed by atoms with Crippen LogP contribution in [0, 0.1) is 0 Å². The van der Waals surface area contributed by atoms with Crippen molar-refractivity contribution in [1.82, 2.24) is 10.2 Å². The van der Waals surface area contributed by atoms with Crippen LogP contribution < -0.4 is 19.7 Å². The molecule has 0 bridgehead atoms. The third-order valence-corrected chi connectivity index (χ3v) is 5.14. The predicted octanol–water partition coefficient (Wildman–Crippen LogP) is 0.498. The van der Waals surface area contributed by atoms with Gasteiger partial charge in [-0.25, -0.2) is 4.79 Å². The number of carbonyl (C=O) groups excluding carboxylic acids is 2. The summed E-state index contributed by atoms with van der Waals surface area (Å²) >= 11 is 0. The highest BCUT2D eigenvalue weighted by Crippen LogP contribution is 2.27. The first-order chi connectivity index (χ1) is 14.0. The molecular weight excluding hydrogens is 374 g/mol. The van der Waals surface area contributed by atoms with Gasteiger partial charge in [-0.05, 0) is 37.5 Å². The van der Waals surface area contributed by atoms with Crippen LogP contribution >= 0.6 is 0 Å². The van der Waals surface area contributed by atoms with Gasteiger partial charge in [-0.15, -0.1) is 0 Å². The minimum absolute atomic E-state index is 0.0457. The van der Waals surface area contributed by atoms with Gasteiger partial charge in [0, 0.05) is 25.6 Å². The maximum Gasteiger partial charge on any atom is 0.409 e. The summed E-state index contributed by atoms with van der Waals surface area (Å²) < 4.78 is 15.6. The molecule has 1 fully saturated rings. The monoisotopic (exact) mass is 408 g/mol. The summed E-state index contributed by atoms with van der Waals surface area (Å²) in [5.41, 5.74) is 1.15. The number of likely N-dealkylation sites (tertiary alicyclic amines) is 1. The van der Waals surface area contributed by atoms with Crippen LogP contribution in [-0.2, 0) is 16.0 Å². The molecule has 1 aliphatic heterocycles. The van der Waals surface area contributed by atoms with Gasteiger partial charge in [0.05, 0.1) is 34.4 Å². The molecular formula is C21H34N3O5+. The van der Waals surface area contributed by atoms with Crippen LogP contribution in [0.1, 0.15) is 25.3 Å². The number of nitrogens with zero attached hydrogens (tertiary/aromatic N) is 1. The van der Waals surface area contributed by atoms with E-state index in [2.05, 4.69) is 5.32 Å². The van der Waals surface area contributed by atoms with E-state index >= 15 is 0 Å². The fourth-order valence-corrected chi connectivity index (χ4v) is 3.46. The first kappa shape index (κ1) is 22.8. The maximum atomic E-state index is 12.4. The quantitative estimate of drug-likeness (QED) is 0.622. The Kier molecular flexibility index (Phi) is 9.05. The van der Waals surface area contributed by atoms with Crippen molar-refractivity contribution in [3.05, 3.63) is 23.8 Å². The molecule has 0 spiro atoms. The van der Waals surface area contributed by atoms with Crippen LogP contribution in [-0.4, -0.2) is 77.0 Å². The molecule has 162 valence electrons. The van der Waals surface area contributed by atoms with Crippen LogP contribution in [0.15, 0.2) is 18.2 Å². The standard InChI is InChI=1S/C21H33N3O5/c1-5-29-21(26)24-12-9-17(10-13-24)22-20(25)15-23(2)11-8-16-6-7-18(27-3)19(14-16)28-4/h6-7,14,17H,5,8-13,15H2,1-4H3,(H,22,25)/p+1. The van der Waals surface area contributed by atoms with E-state index in [1.54, 1.807) is 26.0 Å². The Morgan fingerprint density at radius 2 is 1.86 bits per heavy atom. The molecule has 2 rings (SSSR count). The molecule has 1 aromatic rings. The maximum absolute atomic E-state index is 12.4. The Morgan fingerprint density at radius 1 is 1.17 bits per heavy atom. The van der Waals surface area contributed by atoms with Crippen molar-refractivity contribution in [3.8, 4) is 11.5 Å². The number of quaternary nitrogens is 1. The number of ether oxygens (including phenoxy) is 3. The molecule has 29 heavy (non-hydrogen) atoms. The Balaban J connectivity index is 1.71. The summed E-state index contributed by atoms with van der Waals surface area (Å²) in [5.74, 6) is 1.48. The van der Waals surface area contributed by atoms with Gasteiger partial charge < -0.3 is 29.3 Å². The summed E-state index contributed by atoms with van der Waals surface area (Å²) in [6, 6.07) is 6.01. The molecule has 8 nitrogen and oxygen atoms in total. The van der Waals surface area contributed by atoms with E-state index in [0.29, 0.717) is 32.0 Å². The Labute approximate surface area is 173 Å². The number of rotatable bonds is 9. The summed E-state index contributed by atoms with van der Waals surface area (Å²) in [4.78, 5) is 26.9. The third-order valence-electron chi connectivity index (χ3n) is 5.14. The summed E-state index contributed by atoms with van der Waals surface area (Å²) in [6.07, 6.45) is 2.10. The zero-order valence-electron chi connectivity index (χ0n) is 18.0. The van der Waals surface area contributed by atoms with Gasteiger partial charge in [0.15, 0.2) is 18.0 Å². The molecule has 1 heterocycles. The number of methoxy groups -OCH3 is 2. The van der Waals surface area contributed by atoms with Crippen molar-refractivity contribution in [2.75, 3.05) is 54.1 Å². The lowest BCUT2D eigenvalue weighted by Crippen LogP contribution is -3.10. The molecule has 1 atom stereocenters. The number of likely N-dealkylation sites (N-methyl/N-ethyl adjacent to an activating group) is 1. The van der Waals surface area contributed by atoms with Crippen molar-refractivity contribution in [2.45, 2.75) is 32.2 Å². The molecule has 2 amide bonds. The fourth-order valence-electron chi connectivity index (χ4n) is 3.46. The average molecular weight is 409 g/mol. The van der Waals surface area contributed by atoms with Gasteiger partial charge in [0.2, 0.25) is 0 Å². The average Bonchev–Trinajstić information content (AvgIpc) is 2.72. The lowest BCUT2D eigenvalue weighted by atomic mass is 10.1. The summed E-state index contributed by atoms with van der Waals surface area (Å²) in [5, 5.41) is 3.10. The normalized spacial score (nSPS) is 15.5. The molecule has 0 aromatic heterocycles. The number of nitrogens with one attached hydrogen (secondary N) is 2. The Morgan fingerprint density at radius 3 is 2.48 bits per heavy atom. The van der Waals surface area contributed by atoms with E-state index in [1.165, 1.54) is 0 Å². The van der Waals surface area contributed by atoms with Crippen LogP contribution in [0.5, 0.6) is 11.5 Å². The second-order valence-electron chi connectivity index (χ2n) is 7.35. The molecule has 1 aliphatic rings. The van der Waals surface area contributed by atoms with Crippen molar-refractivity contribution < 1.29 is 28.7 Å². The Bertz CT molecular complexity index is 674. The third kappa shape index (κ3) is 7.12. The second-order valence-corrected chi connectivity index (χ2v) is 7.35. The molecule has 8 heteroatoms. The number of amides is 2. The van der Waals surface area contributed by atoms with E-state index in [0.717, 1.165) is 42.0 Å². The summed E-state index contributed by atoms with van der Waals surface area (Å²) in [7, 11) is 5.26. The first-order valence-electron chi connectivity index (χ1n) is 10.2. The van der Waals surface area contributed by atoms with E-state index < -0.39 is 0 Å². The first-order valence-corrected chi connectivity index (χ1v) is 10.2. The largest absolute Gasteiger partial charge is 0.493 e. The summed E-state index contributed by atoms with van der Waals surface area (Å²) in [6.45, 7) is 4.68. The van der Waals surface area contributed by atoms with Crippen molar-refractivity contribution in [1.29, 1.82) is 0 Å². The van der Waals surface area contributed by atoms with Gasteiger partial charge in [-0.1, -0.05) is 6.07 Å². The van der Waals surface area contributed by atoms with Crippen LogP contribution in [0.2, 0.25) is 0 Å². The smallest absolute Gasteiger partial charge is 0.409 e. The molecule has 0 radical (unpaired) electrons. The van der Waals surface area contributed by atoms with Crippen LogP contribution in [0.3, 0.4) is 0 Å². The lowest BCUT2D eigenvalue weighted by Gasteiger charge is -2.31. The molecule has 1 aromatic carbocycles. The second kappa shape index (κ2) is 11.5. The highest BCUT2D eigenvalue weighted by atomic mass is 16.6. The zero-order chi connectivity index (χ0) is 21.2. The SMILES string of the molecule is CCOC(=O)N1CCC(NC(=O)C[NH+](C)CCc2ccc(OC)c(OC)c2)CC1. The number of hydrogen-bond acceptors (Lipinski definition) is 5. The van der Waals surface area contributed by atoms with Crippen molar-refractivity contribution in [3.63, 3.8) is 0 Å². The highest BCUT2D eigenvalue weighted by molar-refractivity contribution is 5.77. The number of piperidine rings is 1. The minimum atomic E-state index is -0.267. The lowest BCUT2D eigenvalue weighted by molar-refractivity contribution is -0.871. The van der Waals surface area contributed by atoms with Crippen molar-refractivity contribution in [2.24, 2.45) is 0 Å². The van der Waals surface area contributed by atoms with Gasteiger partial charge in [-0.3, -0.25) is 4.79 Å². The van der Waals surface area contributed by atoms with Crippen LogP contribution in [0.4, 0.5) is 4.79 Å². The molecule has 2 N–H and O–H groups in total. The molecule has 1 saturated heterocycles. The number of carbonyl (C=O) groups is 2. The van der Waals surface area contributed by atoms with E-state index in [1.807, 2.05) is 25.2 Å². The minimum Gasteiger partial charge on any atom is -0.493 e. The zero-order valence-corrected chi connectivity index (χ0v) is 18.0. The predicted molar refractivity (Wildman–Crippen MR) is 110 cm³/mol. The van der Waals surface area contributed by atoms with E-state index in [4.69, 9.17) is 14.2 Å². The topological polar surface area (TPSA) is 81.5 Å². The van der Waals surface area contributed by atoms with Crippen molar-refractivity contribution >= 4 is 12.0 Å². The molecule has 0 aliphatic carbocycles. The highest BCUT2D eigenvalue weighted by Gasteiger charge is 2.25. The van der Waals surface area contributed by atoms with Gasteiger partial charge in [-0.2, -0.15) is 0 Å². The van der Waals surface area contributed by atoms with Crippen LogP contribution in [0.25, 0.3) is 0 Å². The van der Waals surface area contributed by atoms with Gasteiger partial charge in [0.1, 0.15) is 0 Å². The van der Waals surface area contributed by atoms with Gasteiger partial charge in [0.25, 0.3) is 5.91 Å². The fraction of sp³-hybridized carbons (Fsp3) is 0.619. The van der Waals surface area contributed by atoms with E-state index in [-0.39, 0.29) is 18.0 Å². The van der Waals surface area contributed by atoms with E-state index in [9.17, 15) is 9.59 Å². The Hall–Kier alpha value is -2.48.